The summed E-state index contributed by atoms with van der Waals surface area (Å²) >= 11 is -3.58. The van der Waals surface area contributed by atoms with Crippen LogP contribution in [-0.2, 0) is 45.8 Å². The van der Waals surface area contributed by atoms with E-state index in [0.717, 1.165) is 31.3 Å². The second kappa shape index (κ2) is 24.4. The molecule has 9 heteroatoms. The molecule has 0 rings (SSSR count). The minimum absolute atomic E-state index is 0.220. The van der Waals surface area contributed by atoms with E-state index in [4.69, 9.17) is 10.7 Å². The van der Waals surface area contributed by atoms with Gasteiger partial charge in [0.05, 0.1) is 0 Å². The second-order valence-electron chi connectivity index (χ2n) is 8.12. The monoisotopic (exact) mass is 494 g/mol. The average molecular weight is 494 g/mol. The zero-order chi connectivity index (χ0) is 24.6. The Morgan fingerprint density at radius 3 is 1.62 bits per heavy atom. The summed E-state index contributed by atoms with van der Waals surface area (Å²) in [7, 11) is 0. The maximum atomic E-state index is 11.5. The molecule has 8 nitrogen and oxygen atoms in total. The third kappa shape index (κ3) is 31.0. The average Bonchev–Trinajstić information content (AvgIpc) is 2.71. The number of carbonyl (C=O) groups excluding carboxylic acids is 3. The summed E-state index contributed by atoms with van der Waals surface area (Å²) in [6.07, 6.45) is 17.2. The molecule has 0 bridgehead atoms. The van der Waals surface area contributed by atoms with E-state index in [2.05, 4.69) is 29.9 Å². The van der Waals surface area contributed by atoms with Crippen molar-refractivity contribution in [3.8, 4) is 0 Å². The number of rotatable bonds is 18. The quantitative estimate of drug-likeness (QED) is 0.0926. The Labute approximate surface area is 199 Å². The van der Waals surface area contributed by atoms with E-state index < -0.39 is 43.1 Å². The fourth-order valence-electron chi connectivity index (χ4n) is 2.99. The van der Waals surface area contributed by atoms with Gasteiger partial charge in [-0.05, 0) is 12.3 Å². The molecule has 0 heterocycles. The normalized spacial score (nSPS) is 10.2. The zero-order valence-electron chi connectivity index (χ0n) is 19.8. The summed E-state index contributed by atoms with van der Waals surface area (Å²) in [6, 6.07) is 0. The summed E-state index contributed by atoms with van der Waals surface area (Å²) in [4.78, 5) is 33.6. The van der Waals surface area contributed by atoms with Crippen molar-refractivity contribution in [1.82, 2.24) is 0 Å². The first-order valence-corrected chi connectivity index (χ1v) is 13.7. The van der Waals surface area contributed by atoms with E-state index in [1.54, 1.807) is 0 Å². The molecule has 0 spiro atoms. The van der Waals surface area contributed by atoms with Gasteiger partial charge in [0.15, 0.2) is 6.61 Å². The Bertz CT molecular complexity index is 530. The van der Waals surface area contributed by atoms with Crippen molar-refractivity contribution >= 4 is 17.9 Å². The molecule has 0 aliphatic heterocycles. The van der Waals surface area contributed by atoms with Crippen molar-refractivity contribution in [1.29, 1.82) is 0 Å². The predicted molar refractivity (Wildman–Crippen MR) is 117 cm³/mol. The molecular weight excluding hydrogens is 452 g/mol. The van der Waals surface area contributed by atoms with Crippen molar-refractivity contribution < 1.29 is 53.2 Å². The molecule has 0 aromatic carbocycles. The molecule has 0 aliphatic carbocycles. The number of esters is 3. The molecule has 0 saturated heterocycles. The molecule has 0 aliphatic rings. The Balaban J connectivity index is 0. The number of hydrogen-bond acceptors (Lipinski definition) is 6. The number of hydrogen-bond donors (Lipinski definition) is 2. The summed E-state index contributed by atoms with van der Waals surface area (Å²) in [5.41, 5.74) is 0. The van der Waals surface area contributed by atoms with Gasteiger partial charge in [0.1, 0.15) is 0 Å². The van der Waals surface area contributed by atoms with Crippen LogP contribution in [0.3, 0.4) is 0 Å². The molecule has 0 fully saturated rings. The number of carbonyl (C=O) groups is 3. The molecule has 186 valence electrons. The third-order valence-corrected chi connectivity index (χ3v) is 4.64. The van der Waals surface area contributed by atoms with Crippen LogP contribution in [0, 0.1) is 5.92 Å². The van der Waals surface area contributed by atoms with Crippen LogP contribution in [-0.4, -0.2) is 31.9 Å². The predicted octanol–water partition coefficient (Wildman–Crippen LogP) is 4.67. The van der Waals surface area contributed by atoms with Gasteiger partial charge in [-0.15, -0.1) is 0 Å². The minimum atomic E-state index is -3.58. The zero-order valence-corrected chi connectivity index (χ0v) is 21.4. The summed E-state index contributed by atoms with van der Waals surface area (Å²) in [5.74, 6) is -1.29. The van der Waals surface area contributed by atoms with E-state index in [1.165, 1.54) is 64.2 Å². The van der Waals surface area contributed by atoms with Gasteiger partial charge in [0.2, 0.25) is 0 Å². The van der Waals surface area contributed by atoms with Gasteiger partial charge in [-0.1, -0.05) is 97.5 Å². The van der Waals surface area contributed by atoms with Gasteiger partial charge in [-0.3, -0.25) is 4.79 Å². The fourth-order valence-corrected chi connectivity index (χ4v) is 2.99. The topological polar surface area (TPSA) is 127 Å². The van der Waals surface area contributed by atoms with Gasteiger partial charge in [-0.2, -0.15) is 0 Å². The van der Waals surface area contributed by atoms with Crippen LogP contribution in [0.1, 0.15) is 104 Å². The van der Waals surface area contributed by atoms with Gasteiger partial charge >= 0.3 is 47.2 Å². The molecule has 0 aromatic heterocycles. The van der Waals surface area contributed by atoms with Crippen LogP contribution >= 0.6 is 0 Å². The maximum absolute atomic E-state index is 11.5. The standard InChI is InChI=1S/C23H40O5.2H2O.O.Ti/c1-4-21(24)27-19-23(26)28-22(25)18-16-14-12-10-8-6-5-7-9-11-13-15-17-20(2)3;;;;/h4,20H,1,5-19H2,2-3H3;2*1H2;;/q;;;;+2/p-2. The Morgan fingerprint density at radius 1 is 0.812 bits per heavy atom. The van der Waals surface area contributed by atoms with Gasteiger partial charge in [0, 0.05) is 12.5 Å². The van der Waals surface area contributed by atoms with Crippen LogP contribution in [0.25, 0.3) is 0 Å². The van der Waals surface area contributed by atoms with Gasteiger partial charge in [0.25, 0.3) is 0 Å². The Morgan fingerprint density at radius 2 is 1.22 bits per heavy atom. The van der Waals surface area contributed by atoms with Crippen molar-refractivity contribution in [2.75, 3.05) is 6.61 Å². The first kappa shape index (κ1) is 33.0. The summed E-state index contributed by atoms with van der Waals surface area (Å²) in [5, 5.41) is 0. The second-order valence-corrected chi connectivity index (χ2v) is 9.00. The van der Waals surface area contributed by atoms with Crippen LogP contribution in [0.15, 0.2) is 12.7 Å². The Hall–Kier alpha value is -1.22. The molecule has 0 unspecified atom stereocenters. The van der Waals surface area contributed by atoms with Crippen LogP contribution < -0.4 is 0 Å². The first-order valence-electron chi connectivity index (χ1n) is 11.6. The van der Waals surface area contributed by atoms with E-state index in [0.29, 0.717) is 0 Å². The van der Waals surface area contributed by atoms with Crippen LogP contribution in [0.5, 0.6) is 0 Å². The van der Waals surface area contributed by atoms with Crippen molar-refractivity contribution in [3.63, 3.8) is 0 Å². The van der Waals surface area contributed by atoms with Crippen molar-refractivity contribution in [3.05, 3.63) is 12.7 Å². The van der Waals surface area contributed by atoms with E-state index in [1.807, 2.05) is 0 Å². The summed E-state index contributed by atoms with van der Waals surface area (Å²) in [6.45, 7) is 7.23. The number of ether oxygens (including phenoxy) is 2. The van der Waals surface area contributed by atoms with Crippen LogP contribution in [0.2, 0.25) is 0 Å². The van der Waals surface area contributed by atoms with Crippen molar-refractivity contribution in [2.24, 2.45) is 5.92 Å². The van der Waals surface area contributed by atoms with Gasteiger partial charge < -0.3 is 9.47 Å². The SMILES string of the molecule is C=CC(=O)OCC(=O)OC(=O)CCCCCCCCCCCCCCC(C)C.[O]=[Ti]([OH])[OH]. The first-order chi connectivity index (χ1) is 15.2. The fraction of sp³-hybridized carbons (Fsp3) is 0.783. The molecular formula is C23H42O8Ti. The molecule has 0 atom stereocenters. The van der Waals surface area contributed by atoms with E-state index in [9.17, 15) is 14.4 Å². The third-order valence-electron chi connectivity index (χ3n) is 4.64. The van der Waals surface area contributed by atoms with Gasteiger partial charge in [-0.25, -0.2) is 9.59 Å². The summed E-state index contributed by atoms with van der Waals surface area (Å²) < 4.78 is 32.3. The van der Waals surface area contributed by atoms with E-state index >= 15 is 0 Å². The van der Waals surface area contributed by atoms with Crippen LogP contribution in [0.4, 0.5) is 0 Å². The molecule has 2 N–H and O–H groups in total. The molecule has 0 amide bonds. The Kier molecular flexibility index (Phi) is 25.2. The van der Waals surface area contributed by atoms with E-state index in [-0.39, 0.29) is 6.42 Å². The van der Waals surface area contributed by atoms with Crippen molar-refractivity contribution in [2.45, 2.75) is 104 Å². The molecule has 0 saturated carbocycles. The molecule has 0 aromatic rings. The number of unbranched alkanes of at least 4 members (excludes halogenated alkanes) is 11. The molecule has 0 radical (unpaired) electrons. The molecule has 32 heavy (non-hydrogen) atoms.